The largest absolute Gasteiger partial charge is 0.505 e. The molecule has 0 unspecified atom stereocenters. The number of pyridine rings is 1. The quantitative estimate of drug-likeness (QED) is 0.423. The van der Waals surface area contributed by atoms with Crippen LogP contribution in [-0.4, -0.2) is 9.67 Å². The summed E-state index contributed by atoms with van der Waals surface area (Å²) in [6.45, 7) is 3.36. The number of nitrogens with zero attached hydrogens (tertiary/aromatic N) is 1. The zero-order chi connectivity index (χ0) is 22.9. The first-order chi connectivity index (χ1) is 15.1. The predicted octanol–water partition coefficient (Wildman–Crippen LogP) is 5.37. The molecule has 0 aliphatic carbocycles. The van der Waals surface area contributed by atoms with Gasteiger partial charge in [-0.3, -0.25) is 9.36 Å². The summed E-state index contributed by atoms with van der Waals surface area (Å²) in [6.07, 6.45) is 0. The molecule has 0 saturated carbocycles. The fourth-order valence-corrected chi connectivity index (χ4v) is 5.09. The monoisotopic (exact) mass is 473 g/mol. The van der Waals surface area contributed by atoms with Crippen LogP contribution in [0.5, 0.6) is 5.75 Å². The molecule has 1 aliphatic rings. The molecule has 0 fully saturated rings. The maximum Gasteiger partial charge on any atom is 0.354 e. The van der Waals surface area contributed by atoms with Crippen molar-refractivity contribution in [2.75, 3.05) is 0 Å². The first kappa shape index (κ1) is 20.8. The van der Waals surface area contributed by atoms with Gasteiger partial charge in [0.05, 0.1) is 5.69 Å². The molecule has 1 aliphatic heterocycles. The van der Waals surface area contributed by atoms with Gasteiger partial charge in [-0.15, -0.1) is 0 Å². The Balaban J connectivity index is 1.81. The summed E-state index contributed by atoms with van der Waals surface area (Å²) in [6, 6.07) is 9.78. The van der Waals surface area contributed by atoms with E-state index in [-0.39, 0.29) is 27.1 Å². The molecule has 0 radical (unpaired) electrons. The van der Waals surface area contributed by atoms with E-state index < -0.39 is 34.0 Å². The normalized spacial score (nSPS) is 13.9. The van der Waals surface area contributed by atoms with Crippen molar-refractivity contribution < 1.29 is 18.3 Å². The highest BCUT2D eigenvalue weighted by Crippen LogP contribution is 2.45. The van der Waals surface area contributed by atoms with Gasteiger partial charge in [-0.1, -0.05) is 37.2 Å². The highest BCUT2D eigenvalue weighted by Gasteiger charge is 2.41. The van der Waals surface area contributed by atoms with Crippen LogP contribution >= 0.6 is 23.4 Å². The van der Waals surface area contributed by atoms with Gasteiger partial charge in [0.2, 0.25) is 0 Å². The molecule has 0 spiro atoms. The van der Waals surface area contributed by atoms with Gasteiger partial charge in [0, 0.05) is 38.7 Å². The predicted molar refractivity (Wildman–Crippen MR) is 117 cm³/mol. The van der Waals surface area contributed by atoms with Crippen molar-refractivity contribution in [3.05, 3.63) is 91.2 Å². The number of aromatic nitrogens is 1. The molecule has 32 heavy (non-hydrogen) atoms. The van der Waals surface area contributed by atoms with E-state index in [9.17, 15) is 23.5 Å². The lowest BCUT2D eigenvalue weighted by atomic mass is 9.83. The van der Waals surface area contributed by atoms with E-state index in [0.717, 1.165) is 28.5 Å². The SMILES string of the molecule is CC1(C)c2c(F)cc(F)cc2-n2c1cc1oc(=O)c(Sc3ccc(Cl)cc3)c(O)c1c2=O. The van der Waals surface area contributed by atoms with Gasteiger partial charge in [-0.25, -0.2) is 13.6 Å². The third-order valence-electron chi connectivity index (χ3n) is 5.59. The Kier molecular flexibility index (Phi) is 4.51. The third-order valence-corrected chi connectivity index (χ3v) is 6.91. The molecule has 1 N–H and O–H groups in total. The van der Waals surface area contributed by atoms with Crippen LogP contribution in [0.2, 0.25) is 5.02 Å². The Hall–Kier alpha value is -3.10. The second-order valence-corrected chi connectivity index (χ2v) is 9.46. The van der Waals surface area contributed by atoms with E-state index in [1.165, 1.54) is 6.07 Å². The number of hydrogen-bond donors (Lipinski definition) is 1. The Bertz CT molecular complexity index is 1560. The first-order valence-electron chi connectivity index (χ1n) is 9.49. The van der Waals surface area contributed by atoms with Gasteiger partial charge in [0.15, 0.2) is 5.75 Å². The fraction of sp³-hybridized carbons (Fsp3) is 0.130. The summed E-state index contributed by atoms with van der Waals surface area (Å²) in [7, 11) is 0. The van der Waals surface area contributed by atoms with Crippen molar-refractivity contribution in [1.82, 2.24) is 4.57 Å². The van der Waals surface area contributed by atoms with Crippen LogP contribution < -0.4 is 11.2 Å². The zero-order valence-corrected chi connectivity index (χ0v) is 18.3. The lowest BCUT2D eigenvalue weighted by Crippen LogP contribution is -2.24. The summed E-state index contributed by atoms with van der Waals surface area (Å²) in [5.74, 6) is -2.18. The molecule has 5 rings (SSSR count). The van der Waals surface area contributed by atoms with Crippen molar-refractivity contribution in [2.45, 2.75) is 29.1 Å². The van der Waals surface area contributed by atoms with Crippen LogP contribution in [0.1, 0.15) is 25.1 Å². The van der Waals surface area contributed by atoms with Crippen LogP contribution in [0.4, 0.5) is 8.78 Å². The molecule has 3 heterocycles. The van der Waals surface area contributed by atoms with E-state index in [2.05, 4.69) is 0 Å². The summed E-state index contributed by atoms with van der Waals surface area (Å²) >= 11 is 6.79. The Morgan fingerprint density at radius 2 is 1.78 bits per heavy atom. The maximum atomic E-state index is 14.7. The van der Waals surface area contributed by atoms with Gasteiger partial charge >= 0.3 is 5.63 Å². The molecule has 5 nitrogen and oxygen atoms in total. The molecule has 4 aromatic rings. The lowest BCUT2D eigenvalue weighted by molar-refractivity contribution is 0.445. The summed E-state index contributed by atoms with van der Waals surface area (Å²) in [5.41, 5.74) is -2.21. The van der Waals surface area contributed by atoms with Crippen LogP contribution in [0, 0.1) is 11.6 Å². The minimum Gasteiger partial charge on any atom is -0.505 e. The highest BCUT2D eigenvalue weighted by molar-refractivity contribution is 7.99. The number of halogens is 3. The Morgan fingerprint density at radius 3 is 2.47 bits per heavy atom. The van der Waals surface area contributed by atoms with E-state index in [1.807, 2.05) is 0 Å². The number of hydrogen-bond acceptors (Lipinski definition) is 5. The molecule has 2 aromatic heterocycles. The number of rotatable bonds is 2. The van der Waals surface area contributed by atoms with Crippen LogP contribution in [0.15, 0.2) is 66.3 Å². The maximum absolute atomic E-state index is 14.7. The van der Waals surface area contributed by atoms with Crippen LogP contribution in [0.3, 0.4) is 0 Å². The average Bonchev–Trinajstić information content (AvgIpc) is 2.93. The smallest absolute Gasteiger partial charge is 0.354 e. The molecule has 0 bridgehead atoms. The van der Waals surface area contributed by atoms with Gasteiger partial charge < -0.3 is 9.52 Å². The van der Waals surface area contributed by atoms with Gasteiger partial charge in [-0.05, 0) is 30.3 Å². The minimum atomic E-state index is -1.01. The van der Waals surface area contributed by atoms with E-state index in [4.69, 9.17) is 16.0 Å². The van der Waals surface area contributed by atoms with Crippen molar-refractivity contribution in [2.24, 2.45) is 0 Å². The summed E-state index contributed by atoms with van der Waals surface area (Å²) in [4.78, 5) is 26.5. The topological polar surface area (TPSA) is 72.4 Å². The third kappa shape index (κ3) is 2.90. The molecule has 162 valence electrons. The van der Waals surface area contributed by atoms with E-state index in [1.54, 1.807) is 38.1 Å². The van der Waals surface area contributed by atoms with Gasteiger partial charge in [0.1, 0.15) is 27.5 Å². The molecular formula is C23H14ClF2NO4S. The second-order valence-electron chi connectivity index (χ2n) is 7.94. The molecule has 0 amide bonds. The van der Waals surface area contributed by atoms with Crippen molar-refractivity contribution in [3.8, 4) is 11.4 Å². The Labute approximate surface area is 188 Å². The highest BCUT2D eigenvalue weighted by atomic mass is 35.5. The average molecular weight is 474 g/mol. The molecule has 2 aromatic carbocycles. The van der Waals surface area contributed by atoms with Crippen LogP contribution in [0.25, 0.3) is 16.7 Å². The zero-order valence-electron chi connectivity index (χ0n) is 16.7. The van der Waals surface area contributed by atoms with Crippen molar-refractivity contribution >= 4 is 34.3 Å². The molecule has 9 heteroatoms. The summed E-state index contributed by atoms with van der Waals surface area (Å²) < 4.78 is 35.2. The van der Waals surface area contributed by atoms with Crippen molar-refractivity contribution in [3.63, 3.8) is 0 Å². The number of benzene rings is 2. The van der Waals surface area contributed by atoms with E-state index in [0.29, 0.717) is 15.6 Å². The number of fused-ring (bicyclic) bond motifs is 4. The molecule has 0 atom stereocenters. The fourth-order valence-electron chi connectivity index (χ4n) is 4.14. The Morgan fingerprint density at radius 1 is 1.09 bits per heavy atom. The molecular weight excluding hydrogens is 460 g/mol. The number of aromatic hydroxyl groups is 1. The summed E-state index contributed by atoms with van der Waals surface area (Å²) in [5, 5.41) is 11.1. The lowest BCUT2D eigenvalue weighted by Gasteiger charge is -2.20. The first-order valence-corrected chi connectivity index (χ1v) is 10.7. The standard InChI is InChI=1S/C23H14ClF2NO4S/c1-23(2)16-9-15-17(21(29)27(16)14-8-11(25)7-13(26)18(14)23)19(28)20(22(30)31-15)32-12-5-3-10(24)4-6-12/h3-9,28H,1-2H3. The second kappa shape index (κ2) is 6.95. The molecule has 0 saturated heterocycles. The van der Waals surface area contributed by atoms with Gasteiger partial charge in [-0.2, -0.15) is 0 Å². The van der Waals surface area contributed by atoms with E-state index >= 15 is 0 Å². The minimum absolute atomic E-state index is 0.0481. The van der Waals surface area contributed by atoms with Gasteiger partial charge in [0.25, 0.3) is 5.56 Å². The van der Waals surface area contributed by atoms with Crippen molar-refractivity contribution in [1.29, 1.82) is 0 Å². The van der Waals surface area contributed by atoms with Crippen LogP contribution in [-0.2, 0) is 5.41 Å².